The maximum atomic E-state index is 4.80. The van der Waals surface area contributed by atoms with Gasteiger partial charge in [0.2, 0.25) is 0 Å². The number of hydrogen-bond acceptors (Lipinski definition) is 2. The summed E-state index contributed by atoms with van der Waals surface area (Å²) in [5.74, 6) is 2.30. The number of nitrogens with zero attached hydrogens (tertiary/aromatic N) is 1. The quantitative estimate of drug-likeness (QED) is 0.374. The number of benzene rings is 1. The van der Waals surface area contributed by atoms with E-state index in [1.54, 1.807) is 11.3 Å². The minimum absolute atomic E-state index is 0. The first-order valence-electron chi connectivity index (χ1n) is 8.41. The van der Waals surface area contributed by atoms with Crippen LogP contribution in [0, 0.1) is 5.92 Å². The molecule has 1 heterocycles. The van der Waals surface area contributed by atoms with Gasteiger partial charge in [-0.1, -0.05) is 36.4 Å². The van der Waals surface area contributed by atoms with Gasteiger partial charge in [-0.25, -0.2) is 0 Å². The lowest BCUT2D eigenvalue weighted by atomic mass is 10.1. The molecule has 2 N–H and O–H groups in total. The Hall–Kier alpha value is -1.08. The van der Waals surface area contributed by atoms with Crippen LogP contribution >= 0.6 is 35.3 Å². The molecular weight excluding hydrogens is 429 g/mol. The zero-order valence-electron chi connectivity index (χ0n) is 14.2. The molecule has 1 aliphatic carbocycles. The van der Waals surface area contributed by atoms with Gasteiger partial charge in [-0.2, -0.15) is 0 Å². The molecule has 24 heavy (non-hydrogen) atoms. The molecule has 1 aliphatic rings. The van der Waals surface area contributed by atoms with E-state index in [9.17, 15) is 0 Å². The van der Waals surface area contributed by atoms with Crippen LogP contribution in [0.1, 0.15) is 42.7 Å². The second kappa shape index (κ2) is 9.42. The Morgan fingerprint density at radius 1 is 1.25 bits per heavy atom. The minimum Gasteiger partial charge on any atom is -0.357 e. The number of rotatable bonds is 6. The Labute approximate surface area is 166 Å². The molecule has 1 fully saturated rings. The van der Waals surface area contributed by atoms with Crippen molar-refractivity contribution in [3.8, 4) is 0 Å². The summed E-state index contributed by atoms with van der Waals surface area (Å²) in [5.41, 5.74) is 1.46. The summed E-state index contributed by atoms with van der Waals surface area (Å²) in [6.07, 6.45) is 1.26. The van der Waals surface area contributed by atoms with Gasteiger partial charge in [-0.3, -0.25) is 4.99 Å². The zero-order chi connectivity index (χ0) is 16.1. The fourth-order valence-corrected chi connectivity index (χ4v) is 3.63. The number of aliphatic imine (C=N–C) groups is 1. The summed E-state index contributed by atoms with van der Waals surface area (Å²) in [6.45, 7) is 6.07. The normalized spacial score (nSPS) is 20.8. The number of thiophene rings is 1. The van der Waals surface area contributed by atoms with Crippen LogP contribution in [0.4, 0.5) is 0 Å². The Balaban J connectivity index is 0.00000208. The van der Waals surface area contributed by atoms with E-state index >= 15 is 0 Å². The smallest absolute Gasteiger partial charge is 0.191 e. The van der Waals surface area contributed by atoms with Crippen molar-refractivity contribution >= 4 is 41.3 Å². The molecule has 1 aromatic carbocycles. The van der Waals surface area contributed by atoms with Crippen molar-refractivity contribution in [2.24, 2.45) is 10.9 Å². The first-order chi connectivity index (χ1) is 11.3. The van der Waals surface area contributed by atoms with Gasteiger partial charge in [0, 0.05) is 18.0 Å². The highest BCUT2D eigenvalue weighted by atomic mass is 127. The predicted molar refractivity (Wildman–Crippen MR) is 115 cm³/mol. The highest BCUT2D eigenvalue weighted by Gasteiger charge is 2.37. The molecule has 1 saturated carbocycles. The fraction of sp³-hybridized carbons (Fsp3) is 0.421. The summed E-state index contributed by atoms with van der Waals surface area (Å²) in [4.78, 5) is 6.14. The molecule has 3 rings (SSSR count). The van der Waals surface area contributed by atoms with Crippen LogP contribution in [0.25, 0.3) is 0 Å². The summed E-state index contributed by atoms with van der Waals surface area (Å²) in [6, 6.07) is 15.3. The summed E-state index contributed by atoms with van der Waals surface area (Å²) in [7, 11) is 0. The van der Waals surface area contributed by atoms with Gasteiger partial charge in [-0.15, -0.1) is 35.3 Å². The van der Waals surface area contributed by atoms with Gasteiger partial charge in [0.15, 0.2) is 5.96 Å². The number of guanidine groups is 1. The van der Waals surface area contributed by atoms with Crippen molar-refractivity contribution in [1.29, 1.82) is 0 Å². The monoisotopic (exact) mass is 455 g/mol. The van der Waals surface area contributed by atoms with Crippen LogP contribution < -0.4 is 10.6 Å². The topological polar surface area (TPSA) is 36.4 Å². The number of hydrogen-bond donors (Lipinski definition) is 2. The molecule has 0 spiro atoms. The van der Waals surface area contributed by atoms with E-state index in [4.69, 9.17) is 4.99 Å². The van der Waals surface area contributed by atoms with Gasteiger partial charge in [0.1, 0.15) is 0 Å². The lowest BCUT2D eigenvalue weighted by molar-refractivity contribution is 0.691. The van der Waals surface area contributed by atoms with Gasteiger partial charge < -0.3 is 10.6 Å². The summed E-state index contributed by atoms with van der Waals surface area (Å²) < 4.78 is 0. The van der Waals surface area contributed by atoms with Crippen LogP contribution in [0.2, 0.25) is 0 Å². The third-order valence-electron chi connectivity index (χ3n) is 4.30. The van der Waals surface area contributed by atoms with Crippen LogP contribution in [0.5, 0.6) is 0 Å². The van der Waals surface area contributed by atoms with E-state index in [0.29, 0.717) is 11.8 Å². The molecule has 130 valence electrons. The van der Waals surface area contributed by atoms with E-state index < -0.39 is 0 Å². The molecule has 2 aromatic rings. The second-order valence-electron chi connectivity index (χ2n) is 6.11. The largest absolute Gasteiger partial charge is 0.357 e. The van der Waals surface area contributed by atoms with E-state index in [-0.39, 0.29) is 30.0 Å². The summed E-state index contributed by atoms with van der Waals surface area (Å²) >= 11 is 1.78. The van der Waals surface area contributed by atoms with E-state index in [1.165, 1.54) is 16.9 Å². The Morgan fingerprint density at radius 3 is 2.71 bits per heavy atom. The average molecular weight is 455 g/mol. The van der Waals surface area contributed by atoms with Crippen LogP contribution in [0.15, 0.2) is 52.8 Å². The molecule has 0 saturated heterocycles. The Morgan fingerprint density at radius 2 is 2.04 bits per heavy atom. The first kappa shape index (κ1) is 19.2. The van der Waals surface area contributed by atoms with E-state index in [0.717, 1.165) is 19.0 Å². The third-order valence-corrected chi connectivity index (χ3v) is 5.36. The molecule has 3 nitrogen and oxygen atoms in total. The highest BCUT2D eigenvalue weighted by Crippen LogP contribution is 2.47. The molecular formula is C19H26IN3S. The number of halogens is 1. The molecule has 0 bridgehead atoms. The van der Waals surface area contributed by atoms with Crippen molar-refractivity contribution in [2.45, 2.75) is 32.2 Å². The van der Waals surface area contributed by atoms with Gasteiger partial charge in [0.25, 0.3) is 0 Å². The fourth-order valence-electron chi connectivity index (χ4n) is 2.90. The van der Waals surface area contributed by atoms with Crippen molar-refractivity contribution in [2.75, 3.05) is 13.1 Å². The molecule has 1 aromatic heterocycles. The maximum absolute atomic E-state index is 4.80. The average Bonchev–Trinajstić information content (AvgIpc) is 3.13. The minimum atomic E-state index is 0. The van der Waals surface area contributed by atoms with Crippen LogP contribution in [0.3, 0.4) is 0 Å². The first-order valence-corrected chi connectivity index (χ1v) is 9.29. The SMILES string of the molecule is CCNC(=NCC1CC1c1ccccc1)NC(C)c1cccs1.I. The maximum Gasteiger partial charge on any atom is 0.191 e. The van der Waals surface area contributed by atoms with Crippen molar-refractivity contribution in [1.82, 2.24) is 10.6 Å². The lowest BCUT2D eigenvalue weighted by Gasteiger charge is -2.16. The molecule has 3 unspecified atom stereocenters. The number of nitrogens with one attached hydrogen (secondary N) is 2. The molecule has 0 radical (unpaired) electrons. The van der Waals surface area contributed by atoms with Crippen molar-refractivity contribution in [3.05, 3.63) is 58.3 Å². The molecule has 0 amide bonds. The molecule has 5 heteroatoms. The van der Waals surface area contributed by atoms with E-state index in [1.807, 2.05) is 0 Å². The Kier molecular flexibility index (Phi) is 7.55. The lowest BCUT2D eigenvalue weighted by Crippen LogP contribution is -2.38. The van der Waals surface area contributed by atoms with E-state index in [2.05, 4.69) is 72.3 Å². The predicted octanol–water partition coefficient (Wildman–Crippen LogP) is 4.79. The molecule has 3 atom stereocenters. The Bertz CT molecular complexity index is 627. The van der Waals surface area contributed by atoms with Gasteiger partial charge in [0.05, 0.1) is 6.04 Å². The molecule has 0 aliphatic heterocycles. The van der Waals surface area contributed by atoms with Gasteiger partial charge >= 0.3 is 0 Å². The van der Waals surface area contributed by atoms with Crippen molar-refractivity contribution < 1.29 is 0 Å². The second-order valence-corrected chi connectivity index (χ2v) is 7.09. The van der Waals surface area contributed by atoms with Gasteiger partial charge in [-0.05, 0) is 49.1 Å². The highest BCUT2D eigenvalue weighted by molar-refractivity contribution is 14.0. The standard InChI is InChI=1S/C19H25N3S.HI/c1-3-20-19(22-14(2)18-10-7-11-23-18)21-13-16-12-17(16)15-8-5-4-6-9-15;/h4-11,14,16-17H,3,12-13H2,1-2H3,(H2,20,21,22);1H. The summed E-state index contributed by atoms with van der Waals surface area (Å²) in [5, 5.41) is 8.98. The van der Waals surface area contributed by atoms with Crippen LogP contribution in [-0.4, -0.2) is 19.0 Å². The van der Waals surface area contributed by atoms with Crippen molar-refractivity contribution in [3.63, 3.8) is 0 Å². The third kappa shape index (κ3) is 5.21. The van der Waals surface area contributed by atoms with Crippen LogP contribution in [-0.2, 0) is 0 Å². The zero-order valence-corrected chi connectivity index (χ0v) is 17.4.